The fourth-order valence-corrected chi connectivity index (χ4v) is 1.84. The smallest absolute Gasteiger partial charge is 0.254 e. The summed E-state index contributed by atoms with van der Waals surface area (Å²) in [7, 11) is 1.40. The van der Waals surface area contributed by atoms with Crippen molar-refractivity contribution < 1.29 is 9.13 Å². The van der Waals surface area contributed by atoms with Crippen LogP contribution < -0.4 is 10.3 Å². The molecule has 1 N–H and O–H groups in total. The molecule has 2 aromatic rings. The van der Waals surface area contributed by atoms with Gasteiger partial charge in [0.15, 0.2) is 11.6 Å². The van der Waals surface area contributed by atoms with E-state index >= 15 is 0 Å². The van der Waals surface area contributed by atoms with Gasteiger partial charge in [0.05, 0.1) is 19.1 Å². The number of methoxy groups -OCH3 is 1. The van der Waals surface area contributed by atoms with Crippen LogP contribution in [-0.2, 0) is 6.42 Å². The minimum absolute atomic E-state index is 0.136. The van der Waals surface area contributed by atoms with Gasteiger partial charge in [-0.1, -0.05) is 13.0 Å². The Kier molecular flexibility index (Phi) is 3.41. The van der Waals surface area contributed by atoms with Gasteiger partial charge in [-0.25, -0.2) is 9.37 Å². The Morgan fingerprint density at radius 3 is 2.89 bits per heavy atom. The molecule has 0 amide bonds. The van der Waals surface area contributed by atoms with E-state index in [9.17, 15) is 9.18 Å². The highest BCUT2D eigenvalue weighted by molar-refractivity contribution is 5.65. The predicted octanol–water partition coefficient (Wildman–Crippen LogP) is 2.15. The van der Waals surface area contributed by atoms with Crippen LogP contribution in [0.4, 0.5) is 4.39 Å². The van der Waals surface area contributed by atoms with Crippen molar-refractivity contribution in [3.8, 4) is 17.0 Å². The first-order valence-electron chi connectivity index (χ1n) is 5.58. The second kappa shape index (κ2) is 5.00. The first-order chi connectivity index (χ1) is 8.69. The van der Waals surface area contributed by atoms with Crippen molar-refractivity contribution in [2.45, 2.75) is 13.3 Å². The zero-order valence-corrected chi connectivity index (χ0v) is 10.2. The molecular formula is C13H13FN2O2. The lowest BCUT2D eigenvalue weighted by atomic mass is 10.0. The number of rotatable bonds is 3. The highest BCUT2D eigenvalue weighted by atomic mass is 19.1. The van der Waals surface area contributed by atoms with E-state index in [-0.39, 0.29) is 16.9 Å². The number of halogens is 1. The SMILES string of the molecule is CCc1c(-c2cccc(OC)c2F)nc[nH]c1=O. The van der Waals surface area contributed by atoms with Crippen LogP contribution >= 0.6 is 0 Å². The summed E-state index contributed by atoms with van der Waals surface area (Å²) >= 11 is 0. The van der Waals surface area contributed by atoms with E-state index in [1.54, 1.807) is 12.1 Å². The van der Waals surface area contributed by atoms with Gasteiger partial charge in [-0.05, 0) is 18.6 Å². The Bertz CT molecular complexity index is 623. The lowest BCUT2D eigenvalue weighted by Crippen LogP contribution is -2.14. The maximum Gasteiger partial charge on any atom is 0.254 e. The van der Waals surface area contributed by atoms with Gasteiger partial charge in [0.2, 0.25) is 0 Å². The zero-order chi connectivity index (χ0) is 13.1. The van der Waals surface area contributed by atoms with Crippen molar-refractivity contribution in [3.63, 3.8) is 0 Å². The Labute approximate surface area is 103 Å². The van der Waals surface area contributed by atoms with Crippen molar-refractivity contribution in [1.29, 1.82) is 0 Å². The van der Waals surface area contributed by atoms with E-state index < -0.39 is 5.82 Å². The van der Waals surface area contributed by atoms with Gasteiger partial charge in [-0.2, -0.15) is 0 Å². The average Bonchev–Trinajstić information content (AvgIpc) is 2.39. The van der Waals surface area contributed by atoms with Gasteiger partial charge >= 0.3 is 0 Å². The zero-order valence-electron chi connectivity index (χ0n) is 10.2. The number of ether oxygens (including phenoxy) is 1. The fourth-order valence-electron chi connectivity index (χ4n) is 1.84. The number of hydrogen-bond acceptors (Lipinski definition) is 3. The lowest BCUT2D eigenvalue weighted by molar-refractivity contribution is 0.387. The van der Waals surface area contributed by atoms with Crippen molar-refractivity contribution in [1.82, 2.24) is 9.97 Å². The topological polar surface area (TPSA) is 55.0 Å². The van der Waals surface area contributed by atoms with Gasteiger partial charge < -0.3 is 9.72 Å². The minimum atomic E-state index is -0.507. The Balaban J connectivity index is 2.70. The predicted molar refractivity (Wildman–Crippen MR) is 66.2 cm³/mol. The Morgan fingerprint density at radius 2 is 2.22 bits per heavy atom. The van der Waals surface area contributed by atoms with Crippen LogP contribution in [0.2, 0.25) is 0 Å². The lowest BCUT2D eigenvalue weighted by Gasteiger charge is -2.09. The van der Waals surface area contributed by atoms with Gasteiger partial charge in [-0.15, -0.1) is 0 Å². The Morgan fingerprint density at radius 1 is 1.44 bits per heavy atom. The molecule has 0 fully saturated rings. The summed E-state index contributed by atoms with van der Waals surface area (Å²) < 4.78 is 19.1. The van der Waals surface area contributed by atoms with Crippen molar-refractivity contribution in [3.05, 3.63) is 46.3 Å². The van der Waals surface area contributed by atoms with Crippen LogP contribution in [0.15, 0.2) is 29.3 Å². The summed E-state index contributed by atoms with van der Waals surface area (Å²) in [6.45, 7) is 1.83. The van der Waals surface area contributed by atoms with Gasteiger partial charge in [-0.3, -0.25) is 4.79 Å². The Hall–Kier alpha value is -2.17. The molecule has 94 valence electrons. The standard InChI is InChI=1S/C13H13FN2O2/c1-3-8-12(15-7-16-13(8)17)9-5-4-6-10(18-2)11(9)14/h4-7H,3H2,1-2H3,(H,15,16,17). The van der Waals surface area contributed by atoms with Crippen molar-refractivity contribution >= 4 is 0 Å². The number of hydrogen-bond donors (Lipinski definition) is 1. The number of aromatic amines is 1. The number of benzene rings is 1. The first kappa shape index (κ1) is 12.3. The third kappa shape index (κ3) is 1.99. The molecule has 0 aliphatic carbocycles. The molecule has 1 heterocycles. The fraction of sp³-hybridized carbons (Fsp3) is 0.231. The van der Waals surface area contributed by atoms with E-state index in [4.69, 9.17) is 4.74 Å². The minimum Gasteiger partial charge on any atom is -0.494 e. The maximum absolute atomic E-state index is 14.1. The van der Waals surface area contributed by atoms with Gasteiger partial charge in [0.25, 0.3) is 5.56 Å². The number of aromatic nitrogens is 2. The monoisotopic (exact) mass is 248 g/mol. The van der Waals surface area contributed by atoms with Gasteiger partial charge in [0.1, 0.15) is 0 Å². The molecule has 1 aromatic heterocycles. The highest BCUT2D eigenvalue weighted by Gasteiger charge is 2.15. The molecule has 5 heteroatoms. The molecule has 0 atom stereocenters. The summed E-state index contributed by atoms with van der Waals surface area (Å²) in [4.78, 5) is 18.2. The second-order valence-corrected chi connectivity index (χ2v) is 3.73. The van der Waals surface area contributed by atoms with Crippen molar-refractivity contribution in [2.24, 2.45) is 0 Å². The molecule has 2 rings (SSSR count). The van der Waals surface area contributed by atoms with Crippen LogP contribution in [0.3, 0.4) is 0 Å². The van der Waals surface area contributed by atoms with Gasteiger partial charge in [0, 0.05) is 11.1 Å². The summed E-state index contributed by atoms with van der Waals surface area (Å²) in [5.74, 6) is -0.371. The summed E-state index contributed by atoms with van der Waals surface area (Å²) in [5.41, 5.74) is 0.851. The summed E-state index contributed by atoms with van der Waals surface area (Å²) in [6, 6.07) is 4.77. The third-order valence-electron chi connectivity index (χ3n) is 2.74. The second-order valence-electron chi connectivity index (χ2n) is 3.73. The average molecular weight is 248 g/mol. The molecule has 1 aromatic carbocycles. The molecule has 0 aliphatic heterocycles. The molecule has 0 aliphatic rings. The molecule has 0 unspecified atom stereocenters. The van der Waals surface area contributed by atoms with Crippen LogP contribution in [0.1, 0.15) is 12.5 Å². The van der Waals surface area contributed by atoms with E-state index in [1.165, 1.54) is 19.5 Å². The summed E-state index contributed by atoms with van der Waals surface area (Å²) in [5, 5.41) is 0. The quantitative estimate of drug-likeness (QED) is 0.905. The normalized spacial score (nSPS) is 10.4. The number of nitrogens with zero attached hydrogens (tertiary/aromatic N) is 1. The largest absolute Gasteiger partial charge is 0.494 e. The molecule has 0 radical (unpaired) electrons. The molecule has 0 saturated carbocycles. The van der Waals surface area contributed by atoms with E-state index in [0.29, 0.717) is 17.7 Å². The van der Waals surface area contributed by atoms with Crippen LogP contribution in [-0.4, -0.2) is 17.1 Å². The molecule has 0 saturated heterocycles. The first-order valence-corrected chi connectivity index (χ1v) is 5.58. The maximum atomic E-state index is 14.1. The molecule has 0 bridgehead atoms. The van der Waals surface area contributed by atoms with E-state index in [1.807, 2.05) is 6.92 Å². The van der Waals surface area contributed by atoms with Crippen LogP contribution in [0.25, 0.3) is 11.3 Å². The van der Waals surface area contributed by atoms with E-state index in [0.717, 1.165) is 0 Å². The highest BCUT2D eigenvalue weighted by Crippen LogP contribution is 2.28. The van der Waals surface area contributed by atoms with Crippen molar-refractivity contribution in [2.75, 3.05) is 7.11 Å². The molecule has 4 nitrogen and oxygen atoms in total. The number of H-pyrrole nitrogens is 1. The van der Waals surface area contributed by atoms with Crippen LogP contribution in [0.5, 0.6) is 5.75 Å². The van der Waals surface area contributed by atoms with E-state index in [2.05, 4.69) is 9.97 Å². The number of nitrogens with one attached hydrogen (secondary N) is 1. The third-order valence-corrected chi connectivity index (χ3v) is 2.74. The summed E-state index contributed by atoms with van der Waals surface area (Å²) in [6.07, 6.45) is 1.75. The molecular weight excluding hydrogens is 235 g/mol. The van der Waals surface area contributed by atoms with Crippen LogP contribution in [0, 0.1) is 5.82 Å². The molecule has 18 heavy (non-hydrogen) atoms. The molecule has 0 spiro atoms.